The van der Waals surface area contributed by atoms with Crippen LogP contribution in [0.1, 0.15) is 342 Å². The molecule has 348 valence electrons. The van der Waals surface area contributed by atoms with Crippen molar-refractivity contribution in [2.45, 2.75) is 342 Å². The number of carbonyl (C=O) groups excluding carboxylic acids is 1. The molecule has 0 saturated heterocycles. The minimum absolute atomic E-state index is 0.0342. The standard InChI is InChI=1S/C56H112O2/c1-4-7-10-13-16-18-20-21-23-27-30-34-38-43-48-53-56(57)58-54-49-44-39-35-31-28-25-22-24-26-29-33-37-42-47-52-55(50-45-40-15-12-9-6-3)51-46-41-36-32-19-17-14-11-8-5-2/h55H,4-54H2,1-3H3. The van der Waals surface area contributed by atoms with E-state index in [1.54, 1.807) is 0 Å². The largest absolute Gasteiger partial charge is 0.466 e. The quantitative estimate of drug-likeness (QED) is 0.0451. The third-order valence-electron chi connectivity index (χ3n) is 13.4. The van der Waals surface area contributed by atoms with E-state index in [2.05, 4.69) is 20.8 Å². The van der Waals surface area contributed by atoms with Gasteiger partial charge in [0.1, 0.15) is 0 Å². The van der Waals surface area contributed by atoms with Crippen LogP contribution in [0.5, 0.6) is 0 Å². The van der Waals surface area contributed by atoms with Crippen molar-refractivity contribution in [3.8, 4) is 0 Å². The first kappa shape index (κ1) is 57.5. The maximum atomic E-state index is 12.1. The highest BCUT2D eigenvalue weighted by atomic mass is 16.5. The Morgan fingerprint density at radius 2 is 0.483 bits per heavy atom. The van der Waals surface area contributed by atoms with Gasteiger partial charge in [0, 0.05) is 6.42 Å². The molecule has 2 heteroatoms. The molecule has 1 atom stereocenters. The molecule has 0 rings (SSSR count). The van der Waals surface area contributed by atoms with E-state index in [1.807, 2.05) is 0 Å². The topological polar surface area (TPSA) is 26.3 Å². The predicted molar refractivity (Wildman–Crippen MR) is 262 cm³/mol. The molecule has 0 saturated carbocycles. The molecule has 0 aliphatic rings. The van der Waals surface area contributed by atoms with Gasteiger partial charge < -0.3 is 4.74 Å². The van der Waals surface area contributed by atoms with Crippen LogP contribution in [0.15, 0.2) is 0 Å². The van der Waals surface area contributed by atoms with Crippen molar-refractivity contribution in [1.29, 1.82) is 0 Å². The summed E-state index contributed by atoms with van der Waals surface area (Å²) in [6.45, 7) is 7.58. The van der Waals surface area contributed by atoms with E-state index in [1.165, 1.54) is 302 Å². The van der Waals surface area contributed by atoms with Crippen molar-refractivity contribution < 1.29 is 9.53 Å². The lowest BCUT2D eigenvalue weighted by molar-refractivity contribution is -0.143. The van der Waals surface area contributed by atoms with Crippen LogP contribution in [-0.4, -0.2) is 12.6 Å². The van der Waals surface area contributed by atoms with E-state index < -0.39 is 0 Å². The fraction of sp³-hybridized carbons (Fsp3) is 0.982. The van der Waals surface area contributed by atoms with Crippen LogP contribution in [-0.2, 0) is 9.53 Å². The summed E-state index contributed by atoms with van der Waals surface area (Å²) in [5.41, 5.74) is 0. The Bertz CT molecular complexity index is 732. The Kier molecular flexibility index (Phi) is 52.1. The number of unbranched alkanes of at least 4 members (excludes halogenated alkanes) is 42. The minimum Gasteiger partial charge on any atom is -0.466 e. The second kappa shape index (κ2) is 52.6. The summed E-state index contributed by atoms with van der Waals surface area (Å²) in [5, 5.41) is 0. The highest BCUT2D eigenvalue weighted by molar-refractivity contribution is 5.69. The zero-order valence-electron chi connectivity index (χ0n) is 41.0. The molecule has 0 heterocycles. The van der Waals surface area contributed by atoms with Gasteiger partial charge in [0.25, 0.3) is 0 Å². The van der Waals surface area contributed by atoms with Gasteiger partial charge in [-0.05, 0) is 18.8 Å². The summed E-state index contributed by atoms with van der Waals surface area (Å²) in [6.07, 6.45) is 69.8. The van der Waals surface area contributed by atoms with Gasteiger partial charge >= 0.3 is 5.97 Å². The van der Waals surface area contributed by atoms with E-state index in [0.717, 1.165) is 18.8 Å². The molecule has 0 amide bonds. The Balaban J connectivity index is 3.52. The highest BCUT2D eigenvalue weighted by Gasteiger charge is 2.09. The van der Waals surface area contributed by atoms with Crippen LogP contribution in [0.4, 0.5) is 0 Å². The molecular weight excluding hydrogens is 705 g/mol. The summed E-state index contributed by atoms with van der Waals surface area (Å²) < 4.78 is 5.51. The highest BCUT2D eigenvalue weighted by Crippen LogP contribution is 2.25. The van der Waals surface area contributed by atoms with Gasteiger partial charge in [-0.25, -0.2) is 0 Å². The SMILES string of the molecule is CCCCCCCCCCCCCCCCCC(=O)OCCCCCCCCCCCCCCCCCC(CCCCCCCC)CCCCCCCCCCCC. The first-order valence-electron chi connectivity index (χ1n) is 27.9. The number of ether oxygens (including phenoxy) is 1. The fourth-order valence-electron chi connectivity index (χ4n) is 9.30. The number of carbonyl (C=O) groups is 1. The smallest absolute Gasteiger partial charge is 0.305 e. The van der Waals surface area contributed by atoms with Gasteiger partial charge in [-0.15, -0.1) is 0 Å². The Morgan fingerprint density at radius 3 is 0.741 bits per heavy atom. The van der Waals surface area contributed by atoms with Crippen molar-refractivity contribution in [1.82, 2.24) is 0 Å². The van der Waals surface area contributed by atoms with Crippen molar-refractivity contribution in [2.75, 3.05) is 6.61 Å². The van der Waals surface area contributed by atoms with E-state index in [0.29, 0.717) is 13.0 Å². The van der Waals surface area contributed by atoms with Crippen LogP contribution >= 0.6 is 0 Å². The molecule has 58 heavy (non-hydrogen) atoms. The van der Waals surface area contributed by atoms with E-state index in [9.17, 15) is 4.79 Å². The molecule has 1 unspecified atom stereocenters. The second-order valence-electron chi connectivity index (χ2n) is 19.4. The van der Waals surface area contributed by atoms with Crippen LogP contribution in [0.2, 0.25) is 0 Å². The van der Waals surface area contributed by atoms with Crippen molar-refractivity contribution in [3.63, 3.8) is 0 Å². The predicted octanol–water partition coefficient (Wildman–Crippen LogP) is 20.7. The number of rotatable bonds is 52. The summed E-state index contributed by atoms with van der Waals surface area (Å²) in [5.74, 6) is 1.05. The molecule has 0 aromatic heterocycles. The fourth-order valence-corrected chi connectivity index (χ4v) is 9.30. The number of hydrogen-bond acceptors (Lipinski definition) is 2. The average Bonchev–Trinajstić information content (AvgIpc) is 3.23. The molecule has 0 spiro atoms. The number of hydrogen-bond donors (Lipinski definition) is 0. The van der Waals surface area contributed by atoms with Crippen molar-refractivity contribution in [2.24, 2.45) is 5.92 Å². The van der Waals surface area contributed by atoms with E-state index in [4.69, 9.17) is 4.74 Å². The molecule has 0 aliphatic heterocycles. The van der Waals surface area contributed by atoms with Crippen LogP contribution in [0.3, 0.4) is 0 Å². The van der Waals surface area contributed by atoms with Gasteiger partial charge in [0.05, 0.1) is 6.61 Å². The monoisotopic (exact) mass is 817 g/mol. The maximum absolute atomic E-state index is 12.1. The normalized spacial score (nSPS) is 12.1. The molecule has 0 aromatic rings. The van der Waals surface area contributed by atoms with E-state index >= 15 is 0 Å². The van der Waals surface area contributed by atoms with Crippen molar-refractivity contribution in [3.05, 3.63) is 0 Å². The van der Waals surface area contributed by atoms with Crippen molar-refractivity contribution >= 4 is 5.97 Å². The molecule has 0 aliphatic carbocycles. The van der Waals surface area contributed by atoms with Gasteiger partial charge in [0.2, 0.25) is 0 Å². The van der Waals surface area contributed by atoms with Gasteiger partial charge in [-0.2, -0.15) is 0 Å². The third kappa shape index (κ3) is 49.8. The summed E-state index contributed by atoms with van der Waals surface area (Å²) in [7, 11) is 0. The Hall–Kier alpha value is -0.530. The zero-order chi connectivity index (χ0) is 41.9. The minimum atomic E-state index is 0.0342. The van der Waals surface area contributed by atoms with Crippen LogP contribution < -0.4 is 0 Å². The first-order chi connectivity index (χ1) is 28.7. The third-order valence-corrected chi connectivity index (χ3v) is 13.4. The van der Waals surface area contributed by atoms with Gasteiger partial charge in [0.15, 0.2) is 0 Å². The van der Waals surface area contributed by atoms with Gasteiger partial charge in [-0.1, -0.05) is 323 Å². The van der Waals surface area contributed by atoms with Gasteiger partial charge in [-0.3, -0.25) is 4.79 Å². The van der Waals surface area contributed by atoms with Crippen LogP contribution in [0.25, 0.3) is 0 Å². The molecule has 0 bridgehead atoms. The molecule has 0 aromatic carbocycles. The molecular formula is C56H112O2. The summed E-state index contributed by atoms with van der Waals surface area (Å²) in [4.78, 5) is 12.1. The number of esters is 1. The molecule has 0 N–H and O–H groups in total. The maximum Gasteiger partial charge on any atom is 0.305 e. The Morgan fingerprint density at radius 1 is 0.276 bits per heavy atom. The summed E-state index contributed by atoms with van der Waals surface area (Å²) in [6, 6.07) is 0. The lowest BCUT2D eigenvalue weighted by Crippen LogP contribution is -2.05. The molecule has 0 fully saturated rings. The molecule has 2 nitrogen and oxygen atoms in total. The van der Waals surface area contributed by atoms with E-state index in [-0.39, 0.29) is 5.97 Å². The summed E-state index contributed by atoms with van der Waals surface area (Å²) >= 11 is 0. The first-order valence-corrected chi connectivity index (χ1v) is 27.9. The zero-order valence-corrected chi connectivity index (χ0v) is 41.0. The Labute approximate surface area is 368 Å². The lowest BCUT2D eigenvalue weighted by Gasteiger charge is -2.17. The molecule has 0 radical (unpaired) electrons. The van der Waals surface area contributed by atoms with Crippen LogP contribution in [0, 0.1) is 5.92 Å². The average molecular weight is 818 g/mol. The second-order valence-corrected chi connectivity index (χ2v) is 19.4. The lowest BCUT2D eigenvalue weighted by atomic mass is 9.89.